The van der Waals surface area contributed by atoms with Crippen molar-refractivity contribution in [2.24, 2.45) is 7.05 Å². The van der Waals surface area contributed by atoms with E-state index in [9.17, 15) is 9.59 Å². The molecule has 1 aromatic heterocycles. The van der Waals surface area contributed by atoms with Crippen molar-refractivity contribution < 1.29 is 14.3 Å². The summed E-state index contributed by atoms with van der Waals surface area (Å²) >= 11 is 1.37. The molecule has 6 nitrogen and oxygen atoms in total. The van der Waals surface area contributed by atoms with Gasteiger partial charge in [-0.2, -0.15) is 0 Å². The summed E-state index contributed by atoms with van der Waals surface area (Å²) in [6.07, 6.45) is 0. The van der Waals surface area contributed by atoms with Crippen molar-refractivity contribution in [3.05, 3.63) is 53.6 Å². The Morgan fingerprint density at radius 3 is 2.73 bits per heavy atom. The number of hydrogen-bond donors (Lipinski definition) is 1. The molecule has 0 atom stereocenters. The van der Waals surface area contributed by atoms with E-state index in [1.54, 1.807) is 18.2 Å². The molecule has 1 N–H and O–H groups in total. The number of anilines is 1. The molecule has 3 aromatic rings. The van der Waals surface area contributed by atoms with E-state index in [0.29, 0.717) is 11.3 Å². The van der Waals surface area contributed by atoms with Gasteiger partial charge >= 0.3 is 5.97 Å². The van der Waals surface area contributed by atoms with Gasteiger partial charge in [-0.1, -0.05) is 30.0 Å². The van der Waals surface area contributed by atoms with Crippen LogP contribution in [0.5, 0.6) is 0 Å². The van der Waals surface area contributed by atoms with Crippen molar-refractivity contribution in [3.63, 3.8) is 0 Å². The Morgan fingerprint density at radius 2 is 2.00 bits per heavy atom. The summed E-state index contributed by atoms with van der Waals surface area (Å²) in [5.41, 5.74) is 3.80. The summed E-state index contributed by atoms with van der Waals surface area (Å²) in [4.78, 5) is 28.5. The summed E-state index contributed by atoms with van der Waals surface area (Å²) in [7, 11) is 3.26. The van der Waals surface area contributed by atoms with Crippen LogP contribution in [0.4, 0.5) is 5.69 Å². The minimum Gasteiger partial charge on any atom is -0.465 e. The molecule has 1 heterocycles. The maximum Gasteiger partial charge on any atom is 0.337 e. The van der Waals surface area contributed by atoms with Crippen LogP contribution in [0.15, 0.2) is 47.6 Å². The zero-order valence-electron chi connectivity index (χ0n) is 14.8. The third-order valence-electron chi connectivity index (χ3n) is 4.01. The minimum atomic E-state index is -0.436. The molecule has 26 heavy (non-hydrogen) atoms. The predicted molar refractivity (Wildman–Crippen MR) is 103 cm³/mol. The monoisotopic (exact) mass is 369 g/mol. The van der Waals surface area contributed by atoms with Gasteiger partial charge < -0.3 is 14.6 Å². The molecule has 0 saturated carbocycles. The largest absolute Gasteiger partial charge is 0.465 e. The fourth-order valence-corrected chi connectivity index (χ4v) is 3.36. The number of aryl methyl sites for hydroxylation is 2. The molecule has 0 aliphatic carbocycles. The number of para-hydroxylation sites is 2. The Morgan fingerprint density at radius 1 is 1.23 bits per heavy atom. The lowest BCUT2D eigenvalue weighted by Gasteiger charge is -2.10. The van der Waals surface area contributed by atoms with Gasteiger partial charge in [-0.25, -0.2) is 9.78 Å². The van der Waals surface area contributed by atoms with E-state index in [1.807, 2.05) is 42.8 Å². The number of esters is 1. The number of methoxy groups -OCH3 is 1. The van der Waals surface area contributed by atoms with Crippen LogP contribution < -0.4 is 5.32 Å². The number of benzene rings is 2. The molecule has 3 rings (SSSR count). The molecule has 7 heteroatoms. The van der Waals surface area contributed by atoms with Crippen LogP contribution in [0.3, 0.4) is 0 Å². The lowest BCUT2D eigenvalue weighted by atomic mass is 10.1. The smallest absolute Gasteiger partial charge is 0.337 e. The van der Waals surface area contributed by atoms with Gasteiger partial charge in [-0.15, -0.1) is 0 Å². The number of nitrogens with zero attached hydrogens (tertiary/aromatic N) is 2. The number of carbonyl (C=O) groups is 2. The Kier molecular flexibility index (Phi) is 5.27. The van der Waals surface area contributed by atoms with Gasteiger partial charge in [0.15, 0.2) is 5.16 Å². The van der Waals surface area contributed by atoms with Crippen molar-refractivity contribution >= 4 is 40.4 Å². The second-order valence-corrected chi connectivity index (χ2v) is 6.74. The maximum absolute atomic E-state index is 12.3. The maximum atomic E-state index is 12.3. The molecule has 0 unspecified atom stereocenters. The van der Waals surface area contributed by atoms with Crippen LogP contribution in [-0.2, 0) is 16.6 Å². The van der Waals surface area contributed by atoms with Gasteiger partial charge in [0.1, 0.15) is 0 Å². The van der Waals surface area contributed by atoms with Crippen molar-refractivity contribution in [1.82, 2.24) is 9.55 Å². The zero-order chi connectivity index (χ0) is 18.7. The third-order valence-corrected chi connectivity index (χ3v) is 5.04. The van der Waals surface area contributed by atoms with Crippen molar-refractivity contribution in [1.29, 1.82) is 0 Å². The molecule has 0 fully saturated rings. The highest BCUT2D eigenvalue weighted by atomic mass is 32.2. The quantitative estimate of drug-likeness (QED) is 0.551. The van der Waals surface area contributed by atoms with Crippen LogP contribution in [-0.4, -0.2) is 34.3 Å². The number of carbonyl (C=O) groups excluding carboxylic acids is 2. The van der Waals surface area contributed by atoms with E-state index in [2.05, 4.69) is 10.3 Å². The number of hydrogen-bond acceptors (Lipinski definition) is 5. The van der Waals surface area contributed by atoms with E-state index in [-0.39, 0.29) is 11.7 Å². The number of thioether (sulfide) groups is 1. The van der Waals surface area contributed by atoms with E-state index in [4.69, 9.17) is 4.74 Å². The van der Waals surface area contributed by atoms with E-state index >= 15 is 0 Å². The molecular weight excluding hydrogens is 350 g/mol. The van der Waals surface area contributed by atoms with E-state index in [1.165, 1.54) is 18.9 Å². The first-order chi connectivity index (χ1) is 12.5. The van der Waals surface area contributed by atoms with Gasteiger partial charge in [-0.05, 0) is 36.8 Å². The lowest BCUT2D eigenvalue weighted by Crippen LogP contribution is -2.16. The second-order valence-electron chi connectivity index (χ2n) is 5.80. The van der Waals surface area contributed by atoms with Crippen LogP contribution in [0.25, 0.3) is 11.0 Å². The van der Waals surface area contributed by atoms with Crippen LogP contribution in [0, 0.1) is 6.92 Å². The average molecular weight is 369 g/mol. The first-order valence-corrected chi connectivity index (χ1v) is 9.01. The van der Waals surface area contributed by atoms with E-state index in [0.717, 1.165) is 21.8 Å². The highest BCUT2D eigenvalue weighted by molar-refractivity contribution is 7.99. The fraction of sp³-hybridized carbons (Fsp3) is 0.211. The summed E-state index contributed by atoms with van der Waals surface area (Å²) in [5.74, 6) is -0.374. The number of aromatic nitrogens is 2. The van der Waals surface area contributed by atoms with Gasteiger partial charge in [0.2, 0.25) is 5.91 Å². The molecule has 0 aliphatic heterocycles. The number of imidazole rings is 1. The van der Waals surface area contributed by atoms with Crippen LogP contribution in [0.2, 0.25) is 0 Å². The number of rotatable bonds is 5. The first-order valence-electron chi connectivity index (χ1n) is 8.02. The number of ether oxygens (including phenoxy) is 1. The fourth-order valence-electron chi connectivity index (χ4n) is 2.57. The van der Waals surface area contributed by atoms with Crippen molar-refractivity contribution in [3.8, 4) is 0 Å². The molecule has 0 radical (unpaired) electrons. The lowest BCUT2D eigenvalue weighted by molar-refractivity contribution is -0.113. The molecule has 0 saturated heterocycles. The minimum absolute atomic E-state index is 0.160. The van der Waals surface area contributed by atoms with Gasteiger partial charge in [0.05, 0.1) is 29.5 Å². The molecule has 0 aliphatic rings. The molecule has 0 bridgehead atoms. The molecule has 0 spiro atoms. The van der Waals surface area contributed by atoms with Crippen molar-refractivity contribution in [2.75, 3.05) is 18.2 Å². The van der Waals surface area contributed by atoms with Crippen molar-refractivity contribution in [2.45, 2.75) is 12.1 Å². The number of fused-ring (bicyclic) bond motifs is 1. The van der Waals surface area contributed by atoms with Crippen LogP contribution in [0.1, 0.15) is 15.9 Å². The molecule has 134 valence electrons. The van der Waals surface area contributed by atoms with E-state index < -0.39 is 5.97 Å². The topological polar surface area (TPSA) is 73.2 Å². The SMILES string of the molecule is COC(=O)c1ccc(C)c(NC(=O)CSc2nc3ccccc3n2C)c1. The summed E-state index contributed by atoms with van der Waals surface area (Å²) in [6, 6.07) is 12.9. The van der Waals surface area contributed by atoms with Crippen LogP contribution >= 0.6 is 11.8 Å². The molecular formula is C19H19N3O3S. The van der Waals surface area contributed by atoms with Gasteiger partial charge in [0, 0.05) is 12.7 Å². The second kappa shape index (κ2) is 7.61. The van der Waals surface area contributed by atoms with Gasteiger partial charge in [0.25, 0.3) is 0 Å². The Labute approximate surface area is 155 Å². The highest BCUT2D eigenvalue weighted by Gasteiger charge is 2.13. The standard InChI is InChI=1S/C19H19N3O3S/c1-12-8-9-13(18(24)25-3)10-15(12)20-17(23)11-26-19-21-14-6-4-5-7-16(14)22(19)2/h4-10H,11H2,1-3H3,(H,20,23). The summed E-state index contributed by atoms with van der Waals surface area (Å²) in [5, 5.41) is 3.63. The van der Waals surface area contributed by atoms with Gasteiger partial charge in [-0.3, -0.25) is 4.79 Å². The molecule has 1 amide bonds. The Hall–Kier alpha value is -2.80. The number of amides is 1. The summed E-state index contributed by atoms with van der Waals surface area (Å²) in [6.45, 7) is 1.87. The third kappa shape index (κ3) is 3.72. The zero-order valence-corrected chi connectivity index (χ0v) is 15.6. The number of nitrogens with one attached hydrogen (secondary N) is 1. The predicted octanol–water partition coefficient (Wildman–Crippen LogP) is 3.40. The highest BCUT2D eigenvalue weighted by Crippen LogP contribution is 2.23. The Balaban J connectivity index is 1.69. The normalized spacial score (nSPS) is 10.7. The summed E-state index contributed by atoms with van der Waals surface area (Å²) < 4.78 is 6.69. The average Bonchev–Trinajstić information content (AvgIpc) is 2.97. The Bertz CT molecular complexity index is 981. The first kappa shape index (κ1) is 18.0. The molecule has 2 aromatic carbocycles.